The molecule has 1 amide bonds. The van der Waals surface area contributed by atoms with Gasteiger partial charge in [0.1, 0.15) is 5.69 Å². The monoisotopic (exact) mass is 257 g/mol. The third-order valence-corrected chi connectivity index (χ3v) is 3.20. The fourth-order valence-electron chi connectivity index (χ4n) is 2.00. The Labute approximate surface area is 110 Å². The molecule has 3 rings (SSSR count). The molecule has 1 saturated carbocycles. The van der Waals surface area contributed by atoms with Crippen LogP contribution >= 0.6 is 0 Å². The van der Waals surface area contributed by atoms with Gasteiger partial charge < -0.3 is 10.3 Å². The normalized spacial score (nSPS) is 14.5. The van der Waals surface area contributed by atoms with Gasteiger partial charge in [-0.2, -0.15) is 0 Å². The summed E-state index contributed by atoms with van der Waals surface area (Å²) in [7, 11) is 0. The molecule has 0 unspecified atom stereocenters. The van der Waals surface area contributed by atoms with Gasteiger partial charge in [-0.25, -0.2) is 4.98 Å². The molecular weight excluding hydrogens is 242 g/mol. The molecule has 0 spiro atoms. The van der Waals surface area contributed by atoms with E-state index in [9.17, 15) is 9.59 Å². The average molecular weight is 257 g/mol. The first-order chi connectivity index (χ1) is 9.22. The lowest BCUT2D eigenvalue weighted by atomic mass is 10.2. The van der Waals surface area contributed by atoms with Crippen molar-refractivity contribution in [2.24, 2.45) is 0 Å². The summed E-state index contributed by atoms with van der Waals surface area (Å²) in [5.41, 5.74) is 1.68. The van der Waals surface area contributed by atoms with Gasteiger partial charge in [0.2, 0.25) is 5.91 Å². The molecule has 2 aromatic rings. The number of carbonyl (C=O) groups excluding carboxylic acids is 1. The number of amides is 1. The van der Waals surface area contributed by atoms with Crippen molar-refractivity contribution in [3.8, 4) is 0 Å². The van der Waals surface area contributed by atoms with Crippen molar-refractivity contribution in [1.82, 2.24) is 15.3 Å². The van der Waals surface area contributed by atoms with Crippen molar-refractivity contribution in [2.75, 3.05) is 0 Å². The number of carbonyl (C=O) groups is 1. The van der Waals surface area contributed by atoms with Crippen LogP contribution in [-0.4, -0.2) is 21.9 Å². The third-order valence-electron chi connectivity index (χ3n) is 3.20. The molecule has 0 bridgehead atoms. The standard InChI is InChI=1S/C14H15N3O2/c18-13(15-9-5-6-9)8-7-12-14(19)17-11-4-2-1-3-10(11)16-12/h1-4,9H,5-8H2,(H,15,18)(H,17,19). The number of nitrogens with one attached hydrogen (secondary N) is 2. The minimum absolute atomic E-state index is 0.00291. The summed E-state index contributed by atoms with van der Waals surface area (Å²) in [5.74, 6) is -0.00291. The summed E-state index contributed by atoms with van der Waals surface area (Å²) in [4.78, 5) is 30.5. The van der Waals surface area contributed by atoms with E-state index < -0.39 is 0 Å². The van der Waals surface area contributed by atoms with Gasteiger partial charge in [-0.3, -0.25) is 9.59 Å². The second kappa shape index (κ2) is 4.84. The molecule has 1 aromatic carbocycles. The molecule has 1 heterocycles. The highest BCUT2D eigenvalue weighted by molar-refractivity contribution is 5.77. The van der Waals surface area contributed by atoms with Crippen LogP contribution in [0.4, 0.5) is 0 Å². The number of nitrogens with zero attached hydrogens (tertiary/aromatic N) is 1. The van der Waals surface area contributed by atoms with E-state index in [-0.39, 0.29) is 11.5 Å². The molecule has 0 saturated heterocycles. The minimum Gasteiger partial charge on any atom is -0.353 e. The van der Waals surface area contributed by atoms with E-state index in [0.29, 0.717) is 24.6 Å². The van der Waals surface area contributed by atoms with Gasteiger partial charge in [0, 0.05) is 18.9 Å². The second-order valence-corrected chi connectivity index (χ2v) is 4.87. The fourth-order valence-corrected chi connectivity index (χ4v) is 2.00. The number of aromatic amines is 1. The summed E-state index contributed by atoms with van der Waals surface area (Å²) < 4.78 is 0. The van der Waals surface area contributed by atoms with Crippen molar-refractivity contribution in [3.63, 3.8) is 0 Å². The maximum atomic E-state index is 11.8. The number of rotatable bonds is 4. The number of aryl methyl sites for hydroxylation is 1. The van der Waals surface area contributed by atoms with E-state index >= 15 is 0 Å². The number of H-pyrrole nitrogens is 1. The lowest BCUT2D eigenvalue weighted by Crippen LogP contribution is -2.26. The zero-order valence-electron chi connectivity index (χ0n) is 10.5. The summed E-state index contributed by atoms with van der Waals surface area (Å²) >= 11 is 0. The molecule has 1 aliphatic rings. The zero-order chi connectivity index (χ0) is 13.2. The maximum absolute atomic E-state index is 11.8. The van der Waals surface area contributed by atoms with Crippen LogP contribution in [0.3, 0.4) is 0 Å². The predicted octanol–water partition coefficient (Wildman–Crippen LogP) is 1.13. The molecule has 1 aromatic heterocycles. The van der Waals surface area contributed by atoms with Crippen LogP contribution in [0.25, 0.3) is 11.0 Å². The Morgan fingerprint density at radius 1 is 1.37 bits per heavy atom. The Hall–Kier alpha value is -2.17. The Morgan fingerprint density at radius 2 is 2.16 bits per heavy atom. The molecule has 2 N–H and O–H groups in total. The first-order valence-corrected chi connectivity index (χ1v) is 6.50. The lowest BCUT2D eigenvalue weighted by Gasteiger charge is -2.03. The summed E-state index contributed by atoms with van der Waals surface area (Å²) in [6.07, 6.45) is 2.82. The number of aromatic nitrogens is 2. The van der Waals surface area contributed by atoms with Crippen molar-refractivity contribution in [2.45, 2.75) is 31.7 Å². The molecule has 0 atom stereocenters. The predicted molar refractivity (Wildman–Crippen MR) is 71.8 cm³/mol. The molecule has 1 fully saturated rings. The maximum Gasteiger partial charge on any atom is 0.270 e. The van der Waals surface area contributed by atoms with Gasteiger partial charge in [0.05, 0.1) is 11.0 Å². The van der Waals surface area contributed by atoms with Crippen LogP contribution in [0.5, 0.6) is 0 Å². The van der Waals surface area contributed by atoms with Gasteiger partial charge in [0.15, 0.2) is 0 Å². The second-order valence-electron chi connectivity index (χ2n) is 4.87. The first-order valence-electron chi connectivity index (χ1n) is 6.50. The highest BCUT2D eigenvalue weighted by Crippen LogP contribution is 2.18. The van der Waals surface area contributed by atoms with Gasteiger partial charge in [-0.15, -0.1) is 0 Å². The third kappa shape index (κ3) is 2.81. The number of fused-ring (bicyclic) bond motifs is 1. The van der Waals surface area contributed by atoms with E-state index in [1.165, 1.54) is 0 Å². The highest BCUT2D eigenvalue weighted by atomic mass is 16.1. The number of benzene rings is 1. The van der Waals surface area contributed by atoms with Crippen molar-refractivity contribution in [3.05, 3.63) is 40.3 Å². The lowest BCUT2D eigenvalue weighted by molar-refractivity contribution is -0.121. The quantitative estimate of drug-likeness (QED) is 0.862. The van der Waals surface area contributed by atoms with E-state index in [2.05, 4.69) is 15.3 Å². The minimum atomic E-state index is -0.210. The molecule has 0 aliphatic heterocycles. The van der Waals surface area contributed by atoms with Gasteiger partial charge >= 0.3 is 0 Å². The largest absolute Gasteiger partial charge is 0.353 e. The Balaban J connectivity index is 1.74. The summed E-state index contributed by atoms with van der Waals surface area (Å²) in [6.45, 7) is 0. The Morgan fingerprint density at radius 3 is 2.95 bits per heavy atom. The summed E-state index contributed by atoms with van der Waals surface area (Å²) in [6, 6.07) is 7.74. The van der Waals surface area contributed by atoms with E-state index in [1.807, 2.05) is 24.3 Å². The summed E-state index contributed by atoms with van der Waals surface area (Å²) in [5, 5.41) is 2.90. The number of para-hydroxylation sites is 2. The van der Waals surface area contributed by atoms with Crippen LogP contribution in [0.2, 0.25) is 0 Å². The first kappa shape index (κ1) is 11.9. The molecule has 0 radical (unpaired) electrons. The number of hydrogen-bond donors (Lipinski definition) is 2. The SMILES string of the molecule is O=C(CCc1nc2ccccc2[nH]c1=O)NC1CC1. The van der Waals surface area contributed by atoms with Gasteiger partial charge in [-0.1, -0.05) is 12.1 Å². The van der Waals surface area contributed by atoms with Crippen LogP contribution < -0.4 is 10.9 Å². The molecule has 5 heteroatoms. The zero-order valence-corrected chi connectivity index (χ0v) is 10.5. The van der Waals surface area contributed by atoms with Gasteiger partial charge in [-0.05, 0) is 25.0 Å². The van der Waals surface area contributed by atoms with Crippen LogP contribution in [0, 0.1) is 0 Å². The van der Waals surface area contributed by atoms with Crippen LogP contribution in [-0.2, 0) is 11.2 Å². The molecule has 19 heavy (non-hydrogen) atoms. The van der Waals surface area contributed by atoms with Crippen molar-refractivity contribution >= 4 is 16.9 Å². The van der Waals surface area contributed by atoms with Crippen LogP contribution in [0.15, 0.2) is 29.1 Å². The molecular formula is C14H15N3O2. The smallest absolute Gasteiger partial charge is 0.270 e. The van der Waals surface area contributed by atoms with E-state index in [1.54, 1.807) is 0 Å². The Bertz CT molecular complexity index is 674. The van der Waals surface area contributed by atoms with Crippen LogP contribution in [0.1, 0.15) is 25.0 Å². The Kier molecular flexibility index (Phi) is 3.03. The topological polar surface area (TPSA) is 74.8 Å². The molecule has 5 nitrogen and oxygen atoms in total. The van der Waals surface area contributed by atoms with Crippen molar-refractivity contribution < 1.29 is 4.79 Å². The molecule has 1 aliphatic carbocycles. The van der Waals surface area contributed by atoms with Gasteiger partial charge in [0.25, 0.3) is 5.56 Å². The highest BCUT2D eigenvalue weighted by Gasteiger charge is 2.23. The molecule has 98 valence electrons. The number of hydrogen-bond acceptors (Lipinski definition) is 3. The van der Waals surface area contributed by atoms with E-state index in [4.69, 9.17) is 0 Å². The van der Waals surface area contributed by atoms with E-state index in [0.717, 1.165) is 23.9 Å². The average Bonchev–Trinajstić information content (AvgIpc) is 3.20. The van der Waals surface area contributed by atoms with Crippen molar-refractivity contribution in [1.29, 1.82) is 0 Å². The fraction of sp³-hybridized carbons (Fsp3) is 0.357.